The Morgan fingerprint density at radius 2 is 1.86 bits per heavy atom. The van der Waals surface area contributed by atoms with Gasteiger partial charge in [-0.2, -0.15) is 0 Å². The van der Waals surface area contributed by atoms with E-state index in [1.54, 1.807) is 13.2 Å². The number of aliphatic hydroxyl groups excluding tert-OH is 1. The molecule has 3 aromatic rings. The number of rotatable bonds is 3. The average Bonchev–Trinajstić information content (AvgIpc) is 2.53. The number of aromatic nitrogens is 1. The quantitative estimate of drug-likeness (QED) is 0.800. The molecule has 1 unspecified atom stereocenters. The summed E-state index contributed by atoms with van der Waals surface area (Å²) in [5.41, 5.74) is 0.857. The standard InChI is InChI=1S/C17H14FNO2/c1-21-14-5-4-11-8-13(3-2-12(11)9-14)17(20)15-6-7-19-10-16(15)18/h2-10,17,20H,1H3. The lowest BCUT2D eigenvalue weighted by atomic mass is 9.99. The van der Waals surface area contributed by atoms with E-state index in [9.17, 15) is 9.50 Å². The third-order valence-corrected chi connectivity index (χ3v) is 3.49. The highest BCUT2D eigenvalue weighted by molar-refractivity contribution is 5.84. The molecule has 0 bridgehead atoms. The van der Waals surface area contributed by atoms with E-state index in [4.69, 9.17) is 4.74 Å². The van der Waals surface area contributed by atoms with E-state index in [-0.39, 0.29) is 5.56 Å². The number of nitrogens with zero attached hydrogens (tertiary/aromatic N) is 1. The molecule has 0 fully saturated rings. The van der Waals surface area contributed by atoms with Crippen LogP contribution < -0.4 is 4.74 Å². The van der Waals surface area contributed by atoms with Crippen LogP contribution in [0.15, 0.2) is 54.9 Å². The summed E-state index contributed by atoms with van der Waals surface area (Å²) in [5, 5.41) is 12.3. The molecule has 0 amide bonds. The van der Waals surface area contributed by atoms with E-state index in [2.05, 4.69) is 4.98 Å². The van der Waals surface area contributed by atoms with Gasteiger partial charge in [0.2, 0.25) is 0 Å². The number of hydrogen-bond donors (Lipinski definition) is 1. The Balaban J connectivity index is 2.03. The third-order valence-electron chi connectivity index (χ3n) is 3.49. The van der Waals surface area contributed by atoms with E-state index in [0.717, 1.165) is 22.7 Å². The van der Waals surface area contributed by atoms with Crippen molar-refractivity contribution in [1.29, 1.82) is 0 Å². The predicted octanol–water partition coefficient (Wildman–Crippen LogP) is 3.46. The first kappa shape index (κ1) is 13.5. The van der Waals surface area contributed by atoms with E-state index in [1.807, 2.05) is 30.3 Å². The second-order valence-electron chi connectivity index (χ2n) is 4.77. The molecule has 0 radical (unpaired) electrons. The molecule has 0 aliphatic rings. The molecule has 3 nitrogen and oxygen atoms in total. The Hall–Kier alpha value is -2.46. The Bertz CT molecular complexity index is 789. The fourth-order valence-corrected chi connectivity index (χ4v) is 2.33. The summed E-state index contributed by atoms with van der Waals surface area (Å²) in [4.78, 5) is 3.69. The Labute approximate surface area is 121 Å². The molecule has 1 aromatic heterocycles. The summed E-state index contributed by atoms with van der Waals surface area (Å²) in [6.07, 6.45) is 1.55. The molecular formula is C17H14FNO2. The van der Waals surface area contributed by atoms with Gasteiger partial charge >= 0.3 is 0 Å². The smallest absolute Gasteiger partial charge is 0.147 e. The summed E-state index contributed by atoms with van der Waals surface area (Å²) < 4.78 is 18.9. The maximum absolute atomic E-state index is 13.7. The zero-order chi connectivity index (χ0) is 14.8. The van der Waals surface area contributed by atoms with Crippen LogP contribution in [0, 0.1) is 5.82 Å². The van der Waals surface area contributed by atoms with Gasteiger partial charge in [0.25, 0.3) is 0 Å². The van der Waals surface area contributed by atoms with Crippen LogP contribution in [0.4, 0.5) is 4.39 Å². The number of benzene rings is 2. The third kappa shape index (κ3) is 2.58. The molecule has 3 rings (SSSR count). The molecule has 0 saturated heterocycles. The zero-order valence-corrected chi connectivity index (χ0v) is 11.5. The van der Waals surface area contributed by atoms with Crippen LogP contribution in [-0.2, 0) is 0 Å². The summed E-state index contributed by atoms with van der Waals surface area (Å²) in [7, 11) is 1.62. The van der Waals surface area contributed by atoms with Crippen molar-refractivity contribution in [3.63, 3.8) is 0 Å². The molecule has 1 atom stereocenters. The minimum atomic E-state index is -1.01. The topological polar surface area (TPSA) is 42.4 Å². The Morgan fingerprint density at radius 3 is 2.62 bits per heavy atom. The lowest BCUT2D eigenvalue weighted by Crippen LogP contribution is -2.02. The second-order valence-corrected chi connectivity index (χ2v) is 4.77. The van der Waals surface area contributed by atoms with E-state index >= 15 is 0 Å². The van der Waals surface area contributed by atoms with Gasteiger partial charge in [-0.05, 0) is 40.6 Å². The van der Waals surface area contributed by atoms with Gasteiger partial charge in [-0.15, -0.1) is 0 Å². The highest BCUT2D eigenvalue weighted by Gasteiger charge is 2.15. The summed E-state index contributed by atoms with van der Waals surface area (Å²) >= 11 is 0. The van der Waals surface area contributed by atoms with Crippen LogP contribution in [0.2, 0.25) is 0 Å². The van der Waals surface area contributed by atoms with E-state index in [0.29, 0.717) is 5.56 Å². The zero-order valence-electron chi connectivity index (χ0n) is 11.5. The van der Waals surface area contributed by atoms with E-state index < -0.39 is 11.9 Å². The van der Waals surface area contributed by atoms with Gasteiger partial charge in [0.1, 0.15) is 17.7 Å². The molecule has 0 aliphatic carbocycles. The van der Waals surface area contributed by atoms with Crippen LogP contribution >= 0.6 is 0 Å². The van der Waals surface area contributed by atoms with Crippen molar-refractivity contribution in [1.82, 2.24) is 4.98 Å². The molecule has 106 valence electrons. The molecule has 21 heavy (non-hydrogen) atoms. The normalized spacial score (nSPS) is 12.3. The summed E-state index contributed by atoms with van der Waals surface area (Å²) in [5.74, 6) is 0.260. The van der Waals surface area contributed by atoms with Crippen LogP contribution in [0.5, 0.6) is 5.75 Å². The van der Waals surface area contributed by atoms with Gasteiger partial charge in [-0.1, -0.05) is 18.2 Å². The Morgan fingerprint density at radius 1 is 1.10 bits per heavy atom. The molecule has 1 N–H and O–H groups in total. The summed E-state index contributed by atoms with van der Waals surface area (Å²) in [6.45, 7) is 0. The van der Waals surface area contributed by atoms with Crippen LogP contribution in [0.3, 0.4) is 0 Å². The minimum Gasteiger partial charge on any atom is -0.497 e. The largest absolute Gasteiger partial charge is 0.497 e. The van der Waals surface area contributed by atoms with Crippen molar-refractivity contribution in [2.45, 2.75) is 6.10 Å². The van der Waals surface area contributed by atoms with E-state index in [1.165, 1.54) is 12.3 Å². The van der Waals surface area contributed by atoms with Gasteiger partial charge < -0.3 is 9.84 Å². The molecule has 1 heterocycles. The van der Waals surface area contributed by atoms with Crippen molar-refractivity contribution < 1.29 is 14.2 Å². The van der Waals surface area contributed by atoms with Crippen molar-refractivity contribution in [2.24, 2.45) is 0 Å². The Kier molecular flexibility index (Phi) is 3.54. The average molecular weight is 283 g/mol. The number of halogens is 1. The number of ether oxygens (including phenoxy) is 1. The van der Waals surface area contributed by atoms with Crippen LogP contribution in [-0.4, -0.2) is 17.2 Å². The number of aliphatic hydroxyl groups is 1. The van der Waals surface area contributed by atoms with Gasteiger partial charge in [-0.25, -0.2) is 4.39 Å². The second kappa shape index (κ2) is 5.50. The van der Waals surface area contributed by atoms with Gasteiger partial charge in [0.15, 0.2) is 0 Å². The number of fused-ring (bicyclic) bond motifs is 1. The van der Waals surface area contributed by atoms with Crippen LogP contribution in [0.25, 0.3) is 10.8 Å². The number of hydrogen-bond acceptors (Lipinski definition) is 3. The maximum atomic E-state index is 13.7. The molecule has 4 heteroatoms. The highest BCUT2D eigenvalue weighted by Crippen LogP contribution is 2.28. The first-order valence-corrected chi connectivity index (χ1v) is 6.54. The van der Waals surface area contributed by atoms with Crippen molar-refractivity contribution in [2.75, 3.05) is 7.11 Å². The summed E-state index contributed by atoms with van der Waals surface area (Å²) in [6, 6.07) is 12.7. The SMILES string of the molecule is COc1ccc2cc(C(O)c3ccncc3F)ccc2c1. The molecule has 2 aromatic carbocycles. The fraction of sp³-hybridized carbons (Fsp3) is 0.118. The first-order valence-electron chi connectivity index (χ1n) is 6.54. The van der Waals surface area contributed by atoms with Gasteiger partial charge in [-0.3, -0.25) is 4.98 Å². The maximum Gasteiger partial charge on any atom is 0.147 e. The fourth-order valence-electron chi connectivity index (χ4n) is 2.33. The van der Waals surface area contributed by atoms with Gasteiger partial charge in [0, 0.05) is 11.8 Å². The number of methoxy groups -OCH3 is 1. The van der Waals surface area contributed by atoms with Crippen molar-refractivity contribution in [3.8, 4) is 5.75 Å². The van der Waals surface area contributed by atoms with Crippen LogP contribution in [0.1, 0.15) is 17.2 Å². The predicted molar refractivity (Wildman–Crippen MR) is 78.8 cm³/mol. The van der Waals surface area contributed by atoms with Gasteiger partial charge in [0.05, 0.1) is 13.3 Å². The van der Waals surface area contributed by atoms with Crippen molar-refractivity contribution in [3.05, 3.63) is 71.8 Å². The first-order chi connectivity index (χ1) is 10.2. The highest BCUT2D eigenvalue weighted by atomic mass is 19.1. The molecule has 0 spiro atoms. The lowest BCUT2D eigenvalue weighted by molar-refractivity contribution is 0.215. The van der Waals surface area contributed by atoms with Crippen molar-refractivity contribution >= 4 is 10.8 Å². The molecule has 0 saturated carbocycles. The monoisotopic (exact) mass is 283 g/mol. The lowest BCUT2D eigenvalue weighted by Gasteiger charge is -2.13. The molecule has 0 aliphatic heterocycles. The molecular weight excluding hydrogens is 269 g/mol. The minimum absolute atomic E-state index is 0.220. The number of pyridine rings is 1.